The van der Waals surface area contributed by atoms with Crippen LogP contribution in [0.3, 0.4) is 0 Å². The van der Waals surface area contributed by atoms with E-state index in [2.05, 4.69) is 4.99 Å². The number of esters is 1. The molecule has 1 aliphatic rings. The Bertz CT molecular complexity index is 815. The first-order chi connectivity index (χ1) is 12.2. The van der Waals surface area contributed by atoms with Gasteiger partial charge in [-0.2, -0.15) is 4.99 Å². The van der Waals surface area contributed by atoms with E-state index >= 15 is 0 Å². The molecule has 1 fully saturated rings. The number of fused-ring (bicyclic) bond motifs is 1. The molecule has 1 aliphatic carbocycles. The van der Waals surface area contributed by atoms with Gasteiger partial charge in [-0.25, -0.2) is 0 Å². The maximum absolute atomic E-state index is 12.3. The third kappa shape index (κ3) is 4.57. The van der Waals surface area contributed by atoms with Crippen molar-refractivity contribution in [2.75, 3.05) is 6.61 Å². The molecule has 6 heteroatoms. The molecular weight excluding hydrogens is 336 g/mol. The summed E-state index contributed by atoms with van der Waals surface area (Å²) in [5, 5.41) is 0. The SMILES string of the molecule is CCOC(=O)Cn1c(=NC(=O)CCC2CCCC2)sc2ccccc21. The van der Waals surface area contributed by atoms with Crippen LogP contribution in [-0.4, -0.2) is 23.1 Å². The van der Waals surface area contributed by atoms with Gasteiger partial charge in [0.25, 0.3) is 0 Å². The van der Waals surface area contributed by atoms with Crippen LogP contribution in [-0.2, 0) is 20.9 Å². The van der Waals surface area contributed by atoms with E-state index in [0.717, 1.165) is 16.6 Å². The van der Waals surface area contributed by atoms with E-state index in [1.54, 1.807) is 11.5 Å². The molecule has 0 atom stereocenters. The number of carbonyl (C=O) groups excluding carboxylic acids is 2. The lowest BCUT2D eigenvalue weighted by molar-refractivity contribution is -0.143. The summed E-state index contributed by atoms with van der Waals surface area (Å²) in [5.74, 6) is 0.259. The molecule has 0 saturated heterocycles. The lowest BCUT2D eigenvalue weighted by Crippen LogP contribution is -2.23. The molecular formula is C19H24N2O3S. The Morgan fingerprint density at radius 3 is 2.80 bits per heavy atom. The molecule has 0 N–H and O–H groups in total. The molecule has 0 bridgehead atoms. The van der Waals surface area contributed by atoms with Gasteiger partial charge in [0.05, 0.1) is 16.8 Å². The van der Waals surface area contributed by atoms with Crippen molar-refractivity contribution in [2.24, 2.45) is 10.9 Å². The van der Waals surface area contributed by atoms with Gasteiger partial charge in [-0.05, 0) is 31.4 Å². The zero-order valence-corrected chi connectivity index (χ0v) is 15.4. The van der Waals surface area contributed by atoms with E-state index in [0.29, 0.717) is 23.7 Å². The third-order valence-electron chi connectivity index (χ3n) is 4.64. The molecule has 0 spiro atoms. The number of carbonyl (C=O) groups is 2. The molecule has 3 rings (SSSR count). The molecule has 1 amide bonds. The second kappa shape index (κ2) is 8.43. The summed E-state index contributed by atoms with van der Waals surface area (Å²) < 4.78 is 7.85. The predicted octanol–water partition coefficient (Wildman–Crippen LogP) is 3.66. The van der Waals surface area contributed by atoms with E-state index < -0.39 is 0 Å². The highest BCUT2D eigenvalue weighted by Crippen LogP contribution is 2.28. The molecule has 1 aromatic carbocycles. The zero-order valence-electron chi connectivity index (χ0n) is 14.6. The maximum Gasteiger partial charge on any atom is 0.326 e. The number of ether oxygens (including phenoxy) is 1. The number of benzene rings is 1. The summed E-state index contributed by atoms with van der Waals surface area (Å²) in [7, 11) is 0. The molecule has 1 heterocycles. The number of hydrogen-bond donors (Lipinski definition) is 0. The van der Waals surface area contributed by atoms with Crippen molar-refractivity contribution in [3.8, 4) is 0 Å². The van der Waals surface area contributed by atoms with Crippen LogP contribution in [0.4, 0.5) is 0 Å². The standard InChI is InChI=1S/C19H24N2O3S/c1-2-24-18(23)13-21-15-9-5-6-10-16(15)25-19(21)20-17(22)12-11-14-7-3-4-8-14/h5-6,9-10,14H,2-4,7-8,11-13H2,1H3. The molecule has 0 aliphatic heterocycles. The average molecular weight is 360 g/mol. The van der Waals surface area contributed by atoms with Crippen molar-refractivity contribution in [2.45, 2.75) is 52.0 Å². The number of rotatable bonds is 6. The number of thiazole rings is 1. The number of para-hydroxylation sites is 1. The Morgan fingerprint density at radius 1 is 1.28 bits per heavy atom. The Balaban J connectivity index is 1.83. The Kier molecular flexibility index (Phi) is 6.02. The zero-order chi connectivity index (χ0) is 17.6. The summed E-state index contributed by atoms with van der Waals surface area (Å²) in [6, 6.07) is 7.78. The Morgan fingerprint density at radius 2 is 2.04 bits per heavy atom. The van der Waals surface area contributed by atoms with Gasteiger partial charge in [0.2, 0.25) is 5.91 Å². The van der Waals surface area contributed by atoms with Gasteiger partial charge in [0.15, 0.2) is 4.80 Å². The van der Waals surface area contributed by atoms with Gasteiger partial charge in [-0.1, -0.05) is 49.2 Å². The summed E-state index contributed by atoms with van der Waals surface area (Å²) in [6.45, 7) is 2.20. The van der Waals surface area contributed by atoms with Crippen LogP contribution in [0.5, 0.6) is 0 Å². The predicted molar refractivity (Wildman–Crippen MR) is 98.2 cm³/mol. The van der Waals surface area contributed by atoms with Crippen LogP contribution in [0.15, 0.2) is 29.3 Å². The highest BCUT2D eigenvalue weighted by molar-refractivity contribution is 7.16. The number of aromatic nitrogens is 1. The quantitative estimate of drug-likeness (QED) is 0.739. The minimum Gasteiger partial charge on any atom is -0.465 e. The van der Waals surface area contributed by atoms with E-state index in [-0.39, 0.29) is 18.4 Å². The first-order valence-electron chi connectivity index (χ1n) is 8.99. The lowest BCUT2D eigenvalue weighted by Gasteiger charge is -2.06. The van der Waals surface area contributed by atoms with Crippen LogP contribution >= 0.6 is 11.3 Å². The second-order valence-electron chi connectivity index (χ2n) is 6.44. The molecule has 0 radical (unpaired) electrons. The largest absolute Gasteiger partial charge is 0.465 e. The summed E-state index contributed by atoms with van der Waals surface area (Å²) in [4.78, 5) is 29.1. The smallest absolute Gasteiger partial charge is 0.326 e. The summed E-state index contributed by atoms with van der Waals surface area (Å²) >= 11 is 1.44. The van der Waals surface area contributed by atoms with Gasteiger partial charge < -0.3 is 9.30 Å². The van der Waals surface area contributed by atoms with Crippen molar-refractivity contribution in [3.05, 3.63) is 29.1 Å². The van der Waals surface area contributed by atoms with Gasteiger partial charge in [-0.3, -0.25) is 9.59 Å². The third-order valence-corrected chi connectivity index (χ3v) is 5.70. The molecule has 2 aromatic rings. The molecule has 25 heavy (non-hydrogen) atoms. The minimum absolute atomic E-state index is 0.0760. The topological polar surface area (TPSA) is 60.7 Å². The average Bonchev–Trinajstić information content (AvgIpc) is 3.22. The fourth-order valence-corrected chi connectivity index (χ4v) is 4.43. The first-order valence-corrected chi connectivity index (χ1v) is 9.80. The van der Waals surface area contributed by atoms with Gasteiger partial charge in [-0.15, -0.1) is 0 Å². The monoisotopic (exact) mass is 360 g/mol. The van der Waals surface area contributed by atoms with Gasteiger partial charge >= 0.3 is 5.97 Å². The minimum atomic E-state index is -0.314. The van der Waals surface area contributed by atoms with Gasteiger partial charge in [0, 0.05) is 6.42 Å². The second-order valence-corrected chi connectivity index (χ2v) is 7.45. The molecule has 1 saturated carbocycles. The van der Waals surface area contributed by atoms with Crippen LogP contribution in [0.2, 0.25) is 0 Å². The van der Waals surface area contributed by atoms with Crippen LogP contribution in [0.1, 0.15) is 45.4 Å². The molecule has 134 valence electrons. The van der Waals surface area contributed by atoms with Crippen LogP contribution in [0.25, 0.3) is 10.2 Å². The fraction of sp³-hybridized carbons (Fsp3) is 0.526. The van der Waals surface area contributed by atoms with Crippen molar-refractivity contribution in [1.29, 1.82) is 0 Å². The highest BCUT2D eigenvalue weighted by Gasteiger charge is 2.16. The van der Waals surface area contributed by atoms with Gasteiger partial charge in [0.1, 0.15) is 6.54 Å². The van der Waals surface area contributed by atoms with Crippen LogP contribution in [0, 0.1) is 5.92 Å². The molecule has 1 aromatic heterocycles. The van der Waals surface area contributed by atoms with Crippen LogP contribution < -0.4 is 4.80 Å². The maximum atomic E-state index is 12.3. The lowest BCUT2D eigenvalue weighted by atomic mass is 10.0. The van der Waals surface area contributed by atoms with E-state index in [1.807, 2.05) is 24.3 Å². The van der Waals surface area contributed by atoms with E-state index in [4.69, 9.17) is 4.74 Å². The summed E-state index contributed by atoms with van der Waals surface area (Å²) in [5.41, 5.74) is 0.905. The van der Waals surface area contributed by atoms with Crippen molar-refractivity contribution < 1.29 is 14.3 Å². The summed E-state index contributed by atoms with van der Waals surface area (Å²) in [6.07, 6.45) is 6.44. The molecule has 5 nitrogen and oxygen atoms in total. The Hall–Kier alpha value is -1.95. The number of nitrogens with zero attached hydrogens (tertiary/aromatic N) is 2. The normalized spacial score (nSPS) is 15.8. The number of amides is 1. The number of hydrogen-bond acceptors (Lipinski definition) is 4. The van der Waals surface area contributed by atoms with Crippen molar-refractivity contribution in [3.63, 3.8) is 0 Å². The van der Waals surface area contributed by atoms with E-state index in [1.165, 1.54) is 37.0 Å². The van der Waals surface area contributed by atoms with E-state index in [9.17, 15) is 9.59 Å². The van der Waals surface area contributed by atoms with Crippen molar-refractivity contribution in [1.82, 2.24) is 4.57 Å². The fourth-order valence-electron chi connectivity index (χ4n) is 3.38. The Labute approximate surface area is 151 Å². The highest BCUT2D eigenvalue weighted by atomic mass is 32.1. The molecule has 0 unspecified atom stereocenters. The first kappa shape index (κ1) is 17.9. The van der Waals surface area contributed by atoms with Crippen molar-refractivity contribution >= 4 is 33.4 Å².